The number of ether oxygens (including phenoxy) is 2. The molecular formula is C18H21N3O2. The molecule has 2 aromatic rings. The molecule has 0 amide bonds. The highest BCUT2D eigenvalue weighted by molar-refractivity contribution is 5.84. The van der Waals surface area contributed by atoms with Gasteiger partial charge in [0.15, 0.2) is 5.84 Å². The molecule has 0 spiro atoms. The van der Waals surface area contributed by atoms with E-state index in [1.54, 1.807) is 7.11 Å². The summed E-state index contributed by atoms with van der Waals surface area (Å²) in [5.41, 5.74) is 4.36. The van der Waals surface area contributed by atoms with Crippen molar-refractivity contribution < 1.29 is 9.47 Å². The van der Waals surface area contributed by atoms with Crippen molar-refractivity contribution in [3.8, 4) is 11.5 Å². The van der Waals surface area contributed by atoms with Crippen LogP contribution in [0.25, 0.3) is 0 Å². The summed E-state index contributed by atoms with van der Waals surface area (Å²) in [6.45, 7) is 2.10. The molecule has 1 heterocycles. The van der Waals surface area contributed by atoms with E-state index in [4.69, 9.17) is 9.47 Å². The van der Waals surface area contributed by atoms with Gasteiger partial charge in [0, 0.05) is 6.54 Å². The predicted octanol–water partition coefficient (Wildman–Crippen LogP) is 2.49. The highest BCUT2D eigenvalue weighted by atomic mass is 16.5. The first kappa shape index (κ1) is 15.2. The van der Waals surface area contributed by atoms with Gasteiger partial charge >= 0.3 is 0 Å². The van der Waals surface area contributed by atoms with Crippen LogP contribution >= 0.6 is 0 Å². The van der Waals surface area contributed by atoms with Crippen LogP contribution in [0, 0.1) is 0 Å². The maximum absolute atomic E-state index is 5.80. The number of rotatable bonds is 7. The highest BCUT2D eigenvalue weighted by Crippen LogP contribution is 2.17. The molecule has 0 bridgehead atoms. The third kappa shape index (κ3) is 4.16. The lowest BCUT2D eigenvalue weighted by atomic mass is 10.1. The van der Waals surface area contributed by atoms with Gasteiger partial charge in [0.05, 0.1) is 7.11 Å². The topological polar surface area (TPSA) is 46.1 Å². The zero-order valence-corrected chi connectivity index (χ0v) is 13.2. The summed E-state index contributed by atoms with van der Waals surface area (Å²) < 4.78 is 10.9. The average Bonchev–Trinajstić information content (AvgIpc) is 3.07. The van der Waals surface area contributed by atoms with Crippen LogP contribution in [0.15, 0.2) is 59.7 Å². The number of hydrogen-bond acceptors (Lipinski definition) is 5. The van der Waals surface area contributed by atoms with E-state index >= 15 is 0 Å². The Morgan fingerprint density at radius 1 is 1.04 bits per heavy atom. The molecule has 0 saturated carbocycles. The molecule has 120 valence electrons. The fraction of sp³-hybridized carbons (Fsp3) is 0.278. The quantitative estimate of drug-likeness (QED) is 0.853. The smallest absolute Gasteiger partial charge is 0.164 e. The zero-order valence-electron chi connectivity index (χ0n) is 13.2. The largest absolute Gasteiger partial charge is 0.497 e. The number of nitrogens with zero attached hydrogens (tertiary/aromatic N) is 2. The molecule has 1 aliphatic heterocycles. The van der Waals surface area contributed by atoms with Crippen molar-refractivity contribution in [3.63, 3.8) is 0 Å². The van der Waals surface area contributed by atoms with E-state index in [9.17, 15) is 0 Å². The van der Waals surface area contributed by atoms with E-state index in [2.05, 4.69) is 39.7 Å². The van der Waals surface area contributed by atoms with Gasteiger partial charge in [-0.2, -0.15) is 5.10 Å². The first-order valence-corrected chi connectivity index (χ1v) is 7.70. The molecule has 0 radical (unpaired) electrons. The molecule has 5 heteroatoms. The Morgan fingerprint density at radius 2 is 1.78 bits per heavy atom. The number of methoxy groups -OCH3 is 1. The molecule has 0 unspecified atom stereocenters. The van der Waals surface area contributed by atoms with Crippen molar-refractivity contribution in [1.82, 2.24) is 10.3 Å². The normalized spacial score (nSPS) is 13.4. The van der Waals surface area contributed by atoms with Crippen LogP contribution in [0.5, 0.6) is 11.5 Å². The molecule has 2 aromatic carbocycles. The number of benzene rings is 2. The number of nitrogens with one attached hydrogen (secondary N) is 1. The van der Waals surface area contributed by atoms with Gasteiger partial charge in [0.25, 0.3) is 0 Å². The lowest BCUT2D eigenvalue weighted by molar-refractivity contribution is 0.343. The van der Waals surface area contributed by atoms with E-state index < -0.39 is 0 Å². The lowest BCUT2D eigenvalue weighted by Gasteiger charge is -2.19. The van der Waals surface area contributed by atoms with Crippen LogP contribution in [0.4, 0.5) is 0 Å². The van der Waals surface area contributed by atoms with Crippen LogP contribution < -0.4 is 14.9 Å². The Hall–Kier alpha value is -2.69. The molecule has 1 aliphatic rings. The number of amidine groups is 1. The molecular weight excluding hydrogens is 290 g/mol. The first-order chi connectivity index (χ1) is 11.3. The molecule has 0 aromatic heterocycles. The van der Waals surface area contributed by atoms with E-state index in [1.807, 2.05) is 30.3 Å². The maximum Gasteiger partial charge on any atom is 0.164 e. The van der Waals surface area contributed by atoms with E-state index in [-0.39, 0.29) is 0 Å². The van der Waals surface area contributed by atoms with Gasteiger partial charge < -0.3 is 14.4 Å². The minimum Gasteiger partial charge on any atom is -0.497 e. The number of hydrazone groups is 1. The van der Waals surface area contributed by atoms with Gasteiger partial charge in [-0.25, -0.2) is 0 Å². The third-order valence-corrected chi connectivity index (χ3v) is 3.78. The minimum atomic E-state index is 0.452. The summed E-state index contributed by atoms with van der Waals surface area (Å²) in [6.07, 6.45) is 0.990. The summed E-state index contributed by atoms with van der Waals surface area (Å²) in [7, 11) is 1.65. The van der Waals surface area contributed by atoms with Crippen molar-refractivity contribution in [2.75, 3.05) is 26.9 Å². The second kappa shape index (κ2) is 7.54. The summed E-state index contributed by atoms with van der Waals surface area (Å²) in [4.78, 5) is 2.20. The lowest BCUT2D eigenvalue weighted by Crippen LogP contribution is -2.34. The van der Waals surface area contributed by atoms with E-state index in [0.717, 1.165) is 37.0 Å². The molecule has 3 rings (SSSR count). The standard InChI is InChI=1S/C18H21N3O2/c1-22-16-7-9-17(10-8-16)23-13-18-20-19-14-21(18)12-11-15-5-3-2-4-6-15/h2-10,19H,11-14H2,1H3. The van der Waals surface area contributed by atoms with Crippen LogP contribution in [0.2, 0.25) is 0 Å². The van der Waals surface area contributed by atoms with Gasteiger partial charge in [-0.3, -0.25) is 5.43 Å². The second-order valence-electron chi connectivity index (χ2n) is 5.31. The molecule has 0 saturated heterocycles. The van der Waals surface area contributed by atoms with Crippen molar-refractivity contribution in [2.24, 2.45) is 5.10 Å². The Balaban J connectivity index is 1.50. The number of hydrogen-bond donors (Lipinski definition) is 1. The van der Waals surface area contributed by atoms with Crippen molar-refractivity contribution >= 4 is 5.84 Å². The molecule has 0 aliphatic carbocycles. The Labute approximate surface area is 136 Å². The summed E-state index contributed by atoms with van der Waals surface area (Å²) in [5, 5.41) is 4.32. The summed E-state index contributed by atoms with van der Waals surface area (Å²) >= 11 is 0. The third-order valence-electron chi connectivity index (χ3n) is 3.78. The van der Waals surface area contributed by atoms with Gasteiger partial charge in [-0.15, -0.1) is 0 Å². The summed E-state index contributed by atoms with van der Waals surface area (Å²) in [6, 6.07) is 18.0. The molecule has 23 heavy (non-hydrogen) atoms. The summed E-state index contributed by atoms with van der Waals surface area (Å²) in [5.74, 6) is 2.56. The van der Waals surface area contributed by atoms with Crippen LogP contribution in [-0.2, 0) is 6.42 Å². The van der Waals surface area contributed by atoms with Gasteiger partial charge in [0.2, 0.25) is 0 Å². The van der Waals surface area contributed by atoms with Crippen molar-refractivity contribution in [1.29, 1.82) is 0 Å². The Kier molecular flexibility index (Phi) is 4.99. The fourth-order valence-corrected chi connectivity index (χ4v) is 2.43. The monoisotopic (exact) mass is 311 g/mol. The van der Waals surface area contributed by atoms with E-state index in [1.165, 1.54) is 5.56 Å². The zero-order chi connectivity index (χ0) is 15.9. The maximum atomic E-state index is 5.80. The Bertz CT molecular complexity index is 641. The highest BCUT2D eigenvalue weighted by Gasteiger charge is 2.17. The predicted molar refractivity (Wildman–Crippen MR) is 90.8 cm³/mol. The fourth-order valence-electron chi connectivity index (χ4n) is 2.43. The van der Waals surface area contributed by atoms with Gasteiger partial charge in [-0.05, 0) is 36.2 Å². The molecule has 0 fully saturated rings. The van der Waals surface area contributed by atoms with Crippen molar-refractivity contribution in [2.45, 2.75) is 6.42 Å². The average molecular weight is 311 g/mol. The Morgan fingerprint density at radius 3 is 2.52 bits per heavy atom. The molecule has 0 atom stereocenters. The van der Waals surface area contributed by atoms with Gasteiger partial charge in [0.1, 0.15) is 24.8 Å². The first-order valence-electron chi connectivity index (χ1n) is 7.70. The van der Waals surface area contributed by atoms with Crippen LogP contribution in [0.1, 0.15) is 5.56 Å². The van der Waals surface area contributed by atoms with Gasteiger partial charge in [-0.1, -0.05) is 30.3 Å². The second-order valence-corrected chi connectivity index (χ2v) is 5.31. The van der Waals surface area contributed by atoms with Crippen LogP contribution in [0.3, 0.4) is 0 Å². The molecule has 5 nitrogen and oxygen atoms in total. The van der Waals surface area contributed by atoms with E-state index in [0.29, 0.717) is 6.61 Å². The van der Waals surface area contributed by atoms with Crippen molar-refractivity contribution in [3.05, 3.63) is 60.2 Å². The van der Waals surface area contributed by atoms with Crippen LogP contribution in [-0.4, -0.2) is 37.7 Å². The SMILES string of the molecule is COc1ccc(OCC2=NNCN2CCc2ccccc2)cc1. The molecule has 1 N–H and O–H groups in total. The minimum absolute atomic E-state index is 0.452.